The van der Waals surface area contributed by atoms with Crippen molar-refractivity contribution in [1.82, 2.24) is 4.90 Å². The van der Waals surface area contributed by atoms with Gasteiger partial charge in [0.15, 0.2) is 17.6 Å². The molecule has 2 bridgehead atoms. The van der Waals surface area contributed by atoms with Gasteiger partial charge in [-0.3, -0.25) is 9.69 Å². The normalized spacial score (nSPS) is 31.3. The van der Waals surface area contributed by atoms with Crippen molar-refractivity contribution in [2.75, 3.05) is 18.4 Å². The molecule has 4 atom stereocenters. The SMILES string of the molecule is C.Cc1cc(F)ccc1NC(=O)C1=C(O)[C@@H]2Oc3c(O)ccc4c3[C@@]23CCN(CC2CC2)[C@H](C4)[C@]3(O)C1. The number of halogens is 1. The number of carbonyl (C=O) groups excluding carboxylic acids is 1. The monoisotopic (exact) mass is 508 g/mol. The fraction of sp³-hybridized carbons (Fsp3) is 0.483. The van der Waals surface area contributed by atoms with Gasteiger partial charge in [0.05, 0.1) is 16.6 Å². The average molecular weight is 509 g/mol. The standard InChI is InChI=1S/C28H29FN2O5.CH4/c1-14-10-17(29)5-6-19(14)30-26(34)18-12-28(35)21-11-16-4-7-20(32)24-22(16)27(28,25(36-24)23(18)33)8-9-31(21)13-15-2-3-15;/h4-7,10,15,21,25,32-33,35H,2-3,8-9,11-13H2,1H3,(H,30,34);1H4/t21-,25+,27+,28-;/m1./s1. The number of nitrogens with zero attached hydrogens (tertiary/aromatic N) is 1. The zero-order valence-corrected chi connectivity index (χ0v) is 20.1. The molecule has 7 rings (SSSR count). The maximum absolute atomic E-state index is 13.6. The molecule has 0 unspecified atom stereocenters. The van der Waals surface area contributed by atoms with Crippen molar-refractivity contribution in [2.45, 2.75) is 69.6 Å². The predicted molar refractivity (Wildman–Crippen MR) is 136 cm³/mol. The van der Waals surface area contributed by atoms with Crippen molar-refractivity contribution in [3.05, 3.63) is 64.2 Å². The van der Waals surface area contributed by atoms with E-state index in [0.717, 1.165) is 24.2 Å². The highest BCUT2D eigenvalue weighted by Gasteiger charge is 2.73. The highest BCUT2D eigenvalue weighted by Crippen LogP contribution is 2.66. The molecule has 0 aromatic heterocycles. The predicted octanol–water partition coefficient (Wildman–Crippen LogP) is 4.10. The number of likely N-dealkylation sites (tertiary alicyclic amines) is 1. The van der Waals surface area contributed by atoms with Crippen LogP contribution in [0.3, 0.4) is 0 Å². The Morgan fingerprint density at radius 1 is 1.24 bits per heavy atom. The first-order valence-corrected chi connectivity index (χ1v) is 12.7. The summed E-state index contributed by atoms with van der Waals surface area (Å²) in [4.78, 5) is 15.9. The molecule has 2 aliphatic heterocycles. The molecule has 37 heavy (non-hydrogen) atoms. The Kier molecular flexibility index (Phi) is 5.21. The number of piperidine rings is 1. The molecule has 7 nitrogen and oxygen atoms in total. The van der Waals surface area contributed by atoms with E-state index in [1.54, 1.807) is 13.0 Å². The van der Waals surface area contributed by atoms with Gasteiger partial charge in [-0.15, -0.1) is 0 Å². The van der Waals surface area contributed by atoms with Crippen LogP contribution in [0.1, 0.15) is 49.8 Å². The Morgan fingerprint density at radius 2 is 2.03 bits per heavy atom. The third-order valence-electron chi connectivity index (χ3n) is 9.23. The number of phenols is 1. The van der Waals surface area contributed by atoms with E-state index in [2.05, 4.69) is 10.2 Å². The number of anilines is 1. The van der Waals surface area contributed by atoms with Gasteiger partial charge in [0, 0.05) is 30.3 Å². The van der Waals surface area contributed by atoms with E-state index in [9.17, 15) is 24.5 Å². The fourth-order valence-corrected chi connectivity index (χ4v) is 7.33. The highest BCUT2D eigenvalue weighted by atomic mass is 19.1. The van der Waals surface area contributed by atoms with E-state index in [1.807, 2.05) is 6.07 Å². The summed E-state index contributed by atoms with van der Waals surface area (Å²) in [6, 6.07) is 7.34. The smallest absolute Gasteiger partial charge is 0.255 e. The van der Waals surface area contributed by atoms with Gasteiger partial charge in [0.2, 0.25) is 0 Å². The van der Waals surface area contributed by atoms with Crippen LogP contribution in [0.4, 0.5) is 10.1 Å². The van der Waals surface area contributed by atoms with Gasteiger partial charge in [-0.05, 0) is 80.5 Å². The zero-order chi connectivity index (χ0) is 25.0. The van der Waals surface area contributed by atoms with Crippen LogP contribution >= 0.6 is 0 Å². The molecule has 2 aromatic carbocycles. The number of aliphatic hydroxyl groups is 2. The van der Waals surface area contributed by atoms with Gasteiger partial charge in [-0.2, -0.15) is 0 Å². The lowest BCUT2D eigenvalue weighted by atomic mass is 9.49. The van der Waals surface area contributed by atoms with Crippen molar-refractivity contribution >= 4 is 11.6 Å². The summed E-state index contributed by atoms with van der Waals surface area (Å²) in [7, 11) is 0. The summed E-state index contributed by atoms with van der Waals surface area (Å²) in [6.45, 7) is 3.35. The molecule has 0 radical (unpaired) electrons. The first-order valence-electron chi connectivity index (χ1n) is 12.7. The minimum absolute atomic E-state index is 0. The Hall–Kier alpha value is -3.10. The van der Waals surface area contributed by atoms with Crippen LogP contribution in [0.2, 0.25) is 0 Å². The average Bonchev–Trinajstić information content (AvgIpc) is 3.58. The van der Waals surface area contributed by atoms with E-state index < -0.39 is 28.8 Å². The number of benzene rings is 2. The molecule has 2 heterocycles. The lowest BCUT2D eigenvalue weighted by Crippen LogP contribution is -2.75. The van der Waals surface area contributed by atoms with E-state index in [1.165, 1.54) is 31.0 Å². The Labute approximate surface area is 215 Å². The van der Waals surface area contributed by atoms with Gasteiger partial charge in [0.25, 0.3) is 5.91 Å². The number of aromatic hydroxyl groups is 1. The third kappa shape index (κ3) is 3.15. The van der Waals surface area contributed by atoms with E-state index in [0.29, 0.717) is 35.8 Å². The van der Waals surface area contributed by atoms with Crippen LogP contribution < -0.4 is 10.1 Å². The van der Waals surface area contributed by atoms with Crippen LogP contribution in [-0.4, -0.2) is 57.0 Å². The Morgan fingerprint density at radius 3 is 2.76 bits per heavy atom. The first-order chi connectivity index (χ1) is 17.2. The van der Waals surface area contributed by atoms with Crippen molar-refractivity contribution in [3.63, 3.8) is 0 Å². The van der Waals surface area contributed by atoms with E-state index >= 15 is 0 Å². The summed E-state index contributed by atoms with van der Waals surface area (Å²) in [6.07, 6.45) is 2.51. The Bertz CT molecular complexity index is 1350. The second-order valence-electron chi connectivity index (χ2n) is 11.2. The van der Waals surface area contributed by atoms with Crippen molar-refractivity contribution in [2.24, 2.45) is 5.92 Å². The lowest BCUT2D eigenvalue weighted by molar-refractivity contribution is -0.172. The van der Waals surface area contributed by atoms with Crippen LogP contribution in [0.5, 0.6) is 11.5 Å². The molecular weight excluding hydrogens is 475 g/mol. The topological polar surface area (TPSA) is 102 Å². The summed E-state index contributed by atoms with van der Waals surface area (Å²) in [5, 5.41) is 37.5. The second kappa shape index (κ2) is 7.95. The second-order valence-corrected chi connectivity index (χ2v) is 11.2. The van der Waals surface area contributed by atoms with Crippen molar-refractivity contribution in [3.8, 4) is 11.5 Å². The molecule has 1 spiro atoms. The number of nitrogens with one attached hydrogen (secondary N) is 1. The molecule has 1 saturated heterocycles. The molecule has 4 N–H and O–H groups in total. The number of aliphatic hydroxyl groups excluding tert-OH is 1. The van der Waals surface area contributed by atoms with Gasteiger partial charge in [0.1, 0.15) is 11.6 Å². The summed E-state index contributed by atoms with van der Waals surface area (Å²) in [5.74, 6) is -0.263. The summed E-state index contributed by atoms with van der Waals surface area (Å²) < 4.78 is 19.8. The van der Waals surface area contributed by atoms with Crippen molar-refractivity contribution in [1.29, 1.82) is 0 Å². The van der Waals surface area contributed by atoms with E-state index in [4.69, 9.17) is 4.74 Å². The molecular formula is C29H33FN2O5. The summed E-state index contributed by atoms with van der Waals surface area (Å²) >= 11 is 0. The van der Waals surface area contributed by atoms with E-state index in [-0.39, 0.29) is 37.0 Å². The number of hydrogen-bond acceptors (Lipinski definition) is 6. The van der Waals surface area contributed by atoms with Gasteiger partial charge < -0.3 is 25.4 Å². The molecule has 1 amide bonds. The van der Waals surface area contributed by atoms with Crippen LogP contribution in [0.25, 0.3) is 0 Å². The minimum Gasteiger partial charge on any atom is -0.508 e. The summed E-state index contributed by atoms with van der Waals surface area (Å²) in [5.41, 5.74) is 0.533. The number of phenolic OH excluding ortho intramolecular Hbond substituents is 1. The molecule has 2 fully saturated rings. The largest absolute Gasteiger partial charge is 0.508 e. The van der Waals surface area contributed by atoms with Gasteiger partial charge >= 0.3 is 0 Å². The fourth-order valence-electron chi connectivity index (χ4n) is 7.33. The molecule has 196 valence electrons. The van der Waals surface area contributed by atoms with Gasteiger partial charge in [-0.25, -0.2) is 4.39 Å². The molecule has 8 heteroatoms. The molecule has 3 aliphatic carbocycles. The van der Waals surface area contributed by atoms with Crippen LogP contribution in [0.15, 0.2) is 41.7 Å². The number of carbonyl (C=O) groups is 1. The van der Waals surface area contributed by atoms with Crippen LogP contribution in [-0.2, 0) is 16.6 Å². The van der Waals surface area contributed by atoms with Crippen LogP contribution in [0, 0.1) is 18.7 Å². The Balaban J connectivity index is 0.00000252. The molecule has 2 aromatic rings. The molecule has 5 aliphatic rings. The number of hydrogen-bond donors (Lipinski definition) is 4. The van der Waals surface area contributed by atoms with Gasteiger partial charge in [-0.1, -0.05) is 13.5 Å². The number of ether oxygens (including phenoxy) is 1. The minimum atomic E-state index is -1.37. The number of amides is 1. The number of aryl methyl sites for hydroxylation is 1. The highest BCUT2D eigenvalue weighted by molar-refractivity contribution is 6.05. The zero-order valence-electron chi connectivity index (χ0n) is 20.1. The maximum atomic E-state index is 13.6. The molecule has 1 saturated carbocycles. The number of rotatable bonds is 4. The lowest BCUT2D eigenvalue weighted by Gasteiger charge is -2.62. The third-order valence-corrected chi connectivity index (χ3v) is 9.23. The maximum Gasteiger partial charge on any atom is 0.255 e. The quantitative estimate of drug-likeness (QED) is 0.496. The van der Waals surface area contributed by atoms with Crippen molar-refractivity contribution < 1.29 is 29.2 Å². The first kappa shape index (κ1) is 24.2.